The van der Waals surface area contributed by atoms with E-state index < -0.39 is 10.0 Å². The SMILES string of the molecule is Cc1cc(C(=O)N(C)C(C)c2ccc(S(N)(=O)=O)cc2)c(C)n1-c1ccc(Cl)cc1. The van der Waals surface area contributed by atoms with E-state index in [1.807, 2.05) is 55.7 Å². The Kier molecular flexibility index (Phi) is 6.08. The summed E-state index contributed by atoms with van der Waals surface area (Å²) in [5.74, 6) is -0.119. The molecule has 1 amide bonds. The first-order valence-electron chi connectivity index (χ1n) is 9.35. The number of carbonyl (C=O) groups is 1. The van der Waals surface area contributed by atoms with Crippen molar-refractivity contribution >= 4 is 27.5 Å². The van der Waals surface area contributed by atoms with Gasteiger partial charge in [0.05, 0.1) is 16.5 Å². The Labute approximate surface area is 181 Å². The number of halogens is 1. The third kappa shape index (κ3) is 4.28. The first-order valence-corrected chi connectivity index (χ1v) is 11.3. The minimum atomic E-state index is -3.75. The first kappa shape index (κ1) is 22.1. The van der Waals surface area contributed by atoms with Gasteiger partial charge in [-0.05, 0) is 68.8 Å². The van der Waals surface area contributed by atoms with Gasteiger partial charge in [0.2, 0.25) is 10.0 Å². The maximum atomic E-state index is 13.2. The van der Waals surface area contributed by atoms with E-state index in [0.29, 0.717) is 10.6 Å². The van der Waals surface area contributed by atoms with Crippen LogP contribution in [0.3, 0.4) is 0 Å². The summed E-state index contributed by atoms with van der Waals surface area (Å²) < 4.78 is 24.9. The lowest BCUT2D eigenvalue weighted by Crippen LogP contribution is -2.30. The van der Waals surface area contributed by atoms with E-state index >= 15 is 0 Å². The maximum absolute atomic E-state index is 13.2. The second kappa shape index (κ2) is 8.26. The second-order valence-corrected chi connectivity index (χ2v) is 9.30. The molecule has 1 atom stereocenters. The molecule has 2 aromatic carbocycles. The number of rotatable bonds is 5. The molecule has 0 radical (unpaired) electrons. The number of sulfonamides is 1. The van der Waals surface area contributed by atoms with Gasteiger partial charge in [0.1, 0.15) is 0 Å². The molecular formula is C22H24ClN3O3S. The predicted molar refractivity (Wildman–Crippen MR) is 119 cm³/mol. The lowest BCUT2D eigenvalue weighted by molar-refractivity contribution is 0.0742. The molecule has 3 rings (SSSR count). The number of primary sulfonamides is 1. The molecule has 1 unspecified atom stereocenters. The van der Waals surface area contributed by atoms with Crippen LogP contribution in [0.2, 0.25) is 5.02 Å². The number of nitrogens with zero attached hydrogens (tertiary/aromatic N) is 2. The van der Waals surface area contributed by atoms with Crippen molar-refractivity contribution in [1.29, 1.82) is 0 Å². The molecule has 8 heteroatoms. The third-order valence-electron chi connectivity index (χ3n) is 5.34. The molecular weight excluding hydrogens is 422 g/mol. The van der Waals surface area contributed by atoms with Crippen LogP contribution < -0.4 is 5.14 Å². The van der Waals surface area contributed by atoms with Crippen molar-refractivity contribution in [2.24, 2.45) is 5.14 Å². The summed E-state index contributed by atoms with van der Waals surface area (Å²) >= 11 is 5.99. The Hall–Kier alpha value is -2.61. The summed E-state index contributed by atoms with van der Waals surface area (Å²) in [4.78, 5) is 14.9. The van der Waals surface area contributed by atoms with Crippen molar-refractivity contribution in [1.82, 2.24) is 9.47 Å². The Morgan fingerprint density at radius 1 is 1.07 bits per heavy atom. The zero-order chi connectivity index (χ0) is 22.2. The van der Waals surface area contributed by atoms with E-state index in [0.717, 1.165) is 22.6 Å². The van der Waals surface area contributed by atoms with Gasteiger partial charge >= 0.3 is 0 Å². The Morgan fingerprint density at radius 2 is 1.63 bits per heavy atom. The molecule has 30 heavy (non-hydrogen) atoms. The van der Waals surface area contributed by atoms with Gasteiger partial charge in [-0.2, -0.15) is 0 Å². The number of aromatic nitrogens is 1. The number of carbonyl (C=O) groups excluding carboxylic acids is 1. The predicted octanol–water partition coefficient (Wildman–Crippen LogP) is 4.23. The van der Waals surface area contributed by atoms with Crippen molar-refractivity contribution < 1.29 is 13.2 Å². The molecule has 0 aliphatic carbocycles. The summed E-state index contributed by atoms with van der Waals surface area (Å²) in [5, 5.41) is 5.81. The van der Waals surface area contributed by atoms with Crippen molar-refractivity contribution in [3.63, 3.8) is 0 Å². The molecule has 158 valence electrons. The molecule has 3 aromatic rings. The summed E-state index contributed by atoms with van der Waals surface area (Å²) in [7, 11) is -2.02. The highest BCUT2D eigenvalue weighted by atomic mass is 35.5. The molecule has 0 aliphatic heterocycles. The zero-order valence-electron chi connectivity index (χ0n) is 17.3. The minimum Gasteiger partial charge on any atom is -0.335 e. The van der Waals surface area contributed by atoms with Gasteiger partial charge in [0, 0.05) is 29.1 Å². The van der Waals surface area contributed by atoms with E-state index in [1.165, 1.54) is 12.1 Å². The summed E-state index contributed by atoms with van der Waals surface area (Å²) in [6, 6.07) is 15.3. The summed E-state index contributed by atoms with van der Waals surface area (Å²) in [5.41, 5.74) is 4.13. The fourth-order valence-corrected chi connectivity index (χ4v) is 4.13. The van der Waals surface area contributed by atoms with Crippen molar-refractivity contribution in [3.05, 3.63) is 82.1 Å². The molecule has 1 aromatic heterocycles. The Bertz CT molecular complexity index is 1180. The minimum absolute atomic E-state index is 0.0407. The molecule has 0 saturated heterocycles. The third-order valence-corrected chi connectivity index (χ3v) is 6.52. The van der Waals surface area contributed by atoms with Crippen LogP contribution in [0, 0.1) is 13.8 Å². The summed E-state index contributed by atoms with van der Waals surface area (Å²) in [6.07, 6.45) is 0. The molecule has 2 N–H and O–H groups in total. The number of benzene rings is 2. The fraction of sp³-hybridized carbons (Fsp3) is 0.227. The van der Waals surface area contributed by atoms with Crippen LogP contribution in [-0.2, 0) is 10.0 Å². The van der Waals surface area contributed by atoms with Gasteiger partial charge in [-0.15, -0.1) is 0 Å². The van der Waals surface area contributed by atoms with Crippen LogP contribution in [0.1, 0.15) is 40.3 Å². The Balaban J connectivity index is 1.89. The first-order chi connectivity index (χ1) is 14.0. The topological polar surface area (TPSA) is 85.4 Å². The van der Waals surface area contributed by atoms with Crippen molar-refractivity contribution in [2.75, 3.05) is 7.05 Å². The van der Waals surface area contributed by atoms with Gasteiger partial charge < -0.3 is 9.47 Å². The van der Waals surface area contributed by atoms with E-state index in [1.54, 1.807) is 24.1 Å². The normalized spacial score (nSPS) is 12.6. The van der Waals surface area contributed by atoms with Gasteiger partial charge in [-0.25, -0.2) is 13.6 Å². The van der Waals surface area contributed by atoms with Crippen LogP contribution in [0.4, 0.5) is 0 Å². The number of hydrogen-bond acceptors (Lipinski definition) is 3. The van der Waals surface area contributed by atoms with Gasteiger partial charge in [0.15, 0.2) is 0 Å². The quantitative estimate of drug-likeness (QED) is 0.637. The highest BCUT2D eigenvalue weighted by molar-refractivity contribution is 7.89. The number of nitrogens with two attached hydrogens (primary N) is 1. The average Bonchev–Trinajstić information content (AvgIpc) is 3.00. The number of amides is 1. The van der Waals surface area contributed by atoms with Gasteiger partial charge in [-0.1, -0.05) is 23.7 Å². The second-order valence-electron chi connectivity index (χ2n) is 7.30. The zero-order valence-corrected chi connectivity index (χ0v) is 18.8. The van der Waals surface area contributed by atoms with Crippen LogP contribution in [0.25, 0.3) is 5.69 Å². The largest absolute Gasteiger partial charge is 0.335 e. The molecule has 1 heterocycles. The number of aryl methyl sites for hydroxylation is 1. The van der Waals surface area contributed by atoms with Crippen LogP contribution in [0.5, 0.6) is 0 Å². The maximum Gasteiger partial charge on any atom is 0.255 e. The standard InChI is InChI=1S/C22H24ClN3O3S/c1-14-13-21(16(3)26(14)19-9-7-18(23)8-10-19)22(27)25(4)15(2)17-5-11-20(12-6-17)30(24,28)29/h5-13,15H,1-4H3,(H2,24,28,29). The van der Waals surface area contributed by atoms with E-state index in [9.17, 15) is 13.2 Å². The monoisotopic (exact) mass is 445 g/mol. The summed E-state index contributed by atoms with van der Waals surface area (Å²) in [6.45, 7) is 5.75. The van der Waals surface area contributed by atoms with E-state index in [4.69, 9.17) is 16.7 Å². The van der Waals surface area contributed by atoms with E-state index in [-0.39, 0.29) is 16.8 Å². The lowest BCUT2D eigenvalue weighted by atomic mass is 10.1. The highest BCUT2D eigenvalue weighted by Crippen LogP contribution is 2.26. The lowest BCUT2D eigenvalue weighted by Gasteiger charge is -2.25. The average molecular weight is 446 g/mol. The van der Waals surface area contributed by atoms with E-state index in [2.05, 4.69) is 0 Å². The molecule has 0 saturated carbocycles. The smallest absolute Gasteiger partial charge is 0.255 e. The van der Waals surface area contributed by atoms with Gasteiger partial charge in [-0.3, -0.25) is 4.79 Å². The van der Waals surface area contributed by atoms with Crippen molar-refractivity contribution in [3.8, 4) is 5.69 Å². The molecule has 0 fully saturated rings. The number of hydrogen-bond donors (Lipinski definition) is 1. The fourth-order valence-electron chi connectivity index (χ4n) is 3.49. The molecule has 6 nitrogen and oxygen atoms in total. The van der Waals surface area contributed by atoms with Crippen LogP contribution in [0.15, 0.2) is 59.5 Å². The highest BCUT2D eigenvalue weighted by Gasteiger charge is 2.24. The molecule has 0 aliphatic rings. The van der Waals surface area contributed by atoms with Crippen molar-refractivity contribution in [2.45, 2.75) is 31.7 Å². The van der Waals surface area contributed by atoms with Crippen LogP contribution in [-0.4, -0.2) is 30.8 Å². The van der Waals surface area contributed by atoms with Crippen LogP contribution >= 0.6 is 11.6 Å². The van der Waals surface area contributed by atoms with Gasteiger partial charge in [0.25, 0.3) is 5.91 Å². The molecule has 0 spiro atoms. The molecule has 0 bridgehead atoms. The Morgan fingerprint density at radius 3 is 2.17 bits per heavy atom.